The number of likely N-dealkylation sites (tertiary alicyclic amines) is 1. The van der Waals surface area contributed by atoms with Gasteiger partial charge in [0.2, 0.25) is 0 Å². The molecule has 0 radical (unpaired) electrons. The van der Waals surface area contributed by atoms with Crippen LogP contribution in [0.25, 0.3) is 0 Å². The number of ether oxygens (including phenoxy) is 1. The van der Waals surface area contributed by atoms with Crippen LogP contribution in [-0.2, 0) is 4.74 Å². The Balaban J connectivity index is 2.13. The van der Waals surface area contributed by atoms with E-state index >= 15 is 0 Å². The average molecular weight is 251 g/mol. The molecule has 0 spiro atoms. The van der Waals surface area contributed by atoms with Gasteiger partial charge < -0.3 is 9.64 Å². The molecule has 4 heteroatoms. The van der Waals surface area contributed by atoms with Crippen molar-refractivity contribution in [3.8, 4) is 0 Å². The summed E-state index contributed by atoms with van der Waals surface area (Å²) in [6.45, 7) is 8.83. The summed E-state index contributed by atoms with van der Waals surface area (Å²) in [5, 5.41) is 8.62. The quantitative estimate of drug-likeness (QED) is 0.772. The number of hydrogen-bond donors (Lipinski definition) is 0. The zero-order valence-corrected chi connectivity index (χ0v) is 12.0. The molecule has 18 heavy (non-hydrogen) atoms. The van der Waals surface area contributed by atoms with E-state index < -0.39 is 0 Å². The van der Waals surface area contributed by atoms with Crippen LogP contribution in [0, 0.1) is 17.8 Å². The van der Waals surface area contributed by atoms with Crippen LogP contribution >= 0.6 is 0 Å². The third-order valence-electron chi connectivity index (χ3n) is 4.39. The number of hydrogen-bond acceptors (Lipinski definition) is 4. The molecule has 0 bridgehead atoms. The molecule has 0 N–H and O–H groups in total. The summed E-state index contributed by atoms with van der Waals surface area (Å²) >= 11 is 0. The molecule has 0 aromatic rings. The van der Waals surface area contributed by atoms with Gasteiger partial charge in [0.1, 0.15) is 5.84 Å². The zero-order valence-electron chi connectivity index (χ0n) is 12.0. The van der Waals surface area contributed by atoms with E-state index in [9.17, 15) is 0 Å². The SMILES string of the molecule is CCC(C)C1C(N2CCC(OC)C2)=NN=CC1C. The molecule has 2 heterocycles. The van der Waals surface area contributed by atoms with Gasteiger partial charge in [-0.1, -0.05) is 27.2 Å². The molecule has 1 fully saturated rings. The standard InChI is InChI=1S/C14H25N3O/c1-5-10(2)13-11(3)8-15-16-14(13)17-7-6-12(9-17)18-4/h8,10-13H,5-7,9H2,1-4H3. The lowest BCUT2D eigenvalue weighted by Crippen LogP contribution is -2.42. The highest BCUT2D eigenvalue weighted by Crippen LogP contribution is 2.30. The summed E-state index contributed by atoms with van der Waals surface area (Å²) < 4.78 is 5.45. The van der Waals surface area contributed by atoms with Crippen LogP contribution in [0.3, 0.4) is 0 Å². The minimum atomic E-state index is 0.353. The van der Waals surface area contributed by atoms with Gasteiger partial charge in [0.05, 0.1) is 6.10 Å². The molecular weight excluding hydrogens is 226 g/mol. The first-order valence-corrected chi connectivity index (χ1v) is 7.06. The van der Waals surface area contributed by atoms with Crippen molar-refractivity contribution in [3.05, 3.63) is 0 Å². The summed E-state index contributed by atoms with van der Waals surface area (Å²) in [6.07, 6.45) is 4.63. The maximum atomic E-state index is 5.45. The molecule has 0 aromatic heterocycles. The Bertz CT molecular complexity index is 340. The average Bonchev–Trinajstić information content (AvgIpc) is 2.86. The third-order valence-corrected chi connectivity index (χ3v) is 4.39. The number of nitrogens with zero attached hydrogens (tertiary/aromatic N) is 3. The minimum Gasteiger partial charge on any atom is -0.380 e. The predicted molar refractivity (Wildman–Crippen MR) is 75.0 cm³/mol. The van der Waals surface area contributed by atoms with Gasteiger partial charge in [-0.05, 0) is 12.3 Å². The monoisotopic (exact) mass is 251 g/mol. The van der Waals surface area contributed by atoms with Crippen LogP contribution < -0.4 is 0 Å². The van der Waals surface area contributed by atoms with Crippen LogP contribution in [0.15, 0.2) is 10.2 Å². The Morgan fingerprint density at radius 1 is 1.56 bits per heavy atom. The Morgan fingerprint density at radius 3 is 2.94 bits per heavy atom. The lowest BCUT2D eigenvalue weighted by molar-refractivity contribution is 0.113. The van der Waals surface area contributed by atoms with Crippen molar-refractivity contribution in [2.24, 2.45) is 28.0 Å². The molecule has 1 saturated heterocycles. The fourth-order valence-electron chi connectivity index (χ4n) is 3.02. The summed E-state index contributed by atoms with van der Waals surface area (Å²) in [5.74, 6) is 2.81. The fraction of sp³-hybridized carbons (Fsp3) is 0.857. The smallest absolute Gasteiger partial charge is 0.131 e. The normalized spacial score (nSPS) is 33.7. The second kappa shape index (κ2) is 5.83. The Labute approximate surface area is 110 Å². The second-order valence-corrected chi connectivity index (χ2v) is 5.59. The molecule has 0 amide bonds. The number of amidine groups is 1. The summed E-state index contributed by atoms with van der Waals surface area (Å²) in [4.78, 5) is 2.37. The molecule has 0 aromatic carbocycles. The van der Waals surface area contributed by atoms with E-state index in [4.69, 9.17) is 4.74 Å². The molecule has 2 rings (SSSR count). The van der Waals surface area contributed by atoms with Gasteiger partial charge in [-0.25, -0.2) is 0 Å². The van der Waals surface area contributed by atoms with Crippen LogP contribution in [0.2, 0.25) is 0 Å². The molecular formula is C14H25N3O. The minimum absolute atomic E-state index is 0.353. The lowest BCUT2D eigenvalue weighted by atomic mass is 9.80. The zero-order chi connectivity index (χ0) is 13.1. The highest BCUT2D eigenvalue weighted by Gasteiger charge is 2.35. The first-order chi connectivity index (χ1) is 8.67. The van der Waals surface area contributed by atoms with Crippen molar-refractivity contribution in [1.29, 1.82) is 0 Å². The topological polar surface area (TPSA) is 37.2 Å². The third kappa shape index (κ3) is 2.58. The predicted octanol–water partition coefficient (Wildman–Crippen LogP) is 2.40. The van der Waals surface area contributed by atoms with Crippen molar-refractivity contribution in [3.63, 3.8) is 0 Å². The molecule has 4 atom stereocenters. The van der Waals surface area contributed by atoms with Gasteiger partial charge >= 0.3 is 0 Å². The van der Waals surface area contributed by atoms with Crippen LogP contribution in [-0.4, -0.2) is 43.3 Å². The maximum Gasteiger partial charge on any atom is 0.131 e. The van der Waals surface area contributed by atoms with Gasteiger partial charge in [0.25, 0.3) is 0 Å². The maximum absolute atomic E-state index is 5.45. The van der Waals surface area contributed by atoms with E-state index in [-0.39, 0.29) is 0 Å². The van der Waals surface area contributed by atoms with Gasteiger partial charge in [0, 0.05) is 38.2 Å². The lowest BCUT2D eigenvalue weighted by Gasteiger charge is -2.34. The fourth-order valence-corrected chi connectivity index (χ4v) is 3.02. The van der Waals surface area contributed by atoms with E-state index in [1.807, 2.05) is 6.21 Å². The molecule has 4 nitrogen and oxygen atoms in total. The first-order valence-electron chi connectivity index (χ1n) is 7.06. The van der Waals surface area contributed by atoms with Crippen LogP contribution in [0.5, 0.6) is 0 Å². The highest BCUT2D eigenvalue weighted by atomic mass is 16.5. The molecule has 0 saturated carbocycles. The van der Waals surface area contributed by atoms with E-state index in [0.29, 0.717) is 23.9 Å². The van der Waals surface area contributed by atoms with E-state index in [2.05, 4.69) is 35.9 Å². The molecule has 2 aliphatic heterocycles. The Kier molecular flexibility index (Phi) is 4.38. The number of rotatable bonds is 3. The van der Waals surface area contributed by atoms with Crippen molar-refractivity contribution >= 4 is 12.1 Å². The summed E-state index contributed by atoms with van der Waals surface area (Å²) in [6, 6.07) is 0. The first kappa shape index (κ1) is 13.5. The Hall–Kier alpha value is -0.900. The van der Waals surface area contributed by atoms with Crippen LogP contribution in [0.4, 0.5) is 0 Å². The largest absolute Gasteiger partial charge is 0.380 e. The van der Waals surface area contributed by atoms with Gasteiger partial charge in [-0.3, -0.25) is 0 Å². The van der Waals surface area contributed by atoms with Gasteiger partial charge in [-0.2, -0.15) is 5.10 Å². The van der Waals surface area contributed by atoms with Crippen molar-refractivity contribution in [2.45, 2.75) is 39.7 Å². The number of methoxy groups -OCH3 is 1. The van der Waals surface area contributed by atoms with E-state index in [0.717, 1.165) is 19.5 Å². The summed E-state index contributed by atoms with van der Waals surface area (Å²) in [5.41, 5.74) is 0. The van der Waals surface area contributed by atoms with Gasteiger partial charge in [-0.15, -0.1) is 5.10 Å². The Morgan fingerprint density at radius 2 is 2.33 bits per heavy atom. The molecule has 0 aliphatic carbocycles. The molecule has 2 aliphatic rings. The van der Waals surface area contributed by atoms with Crippen molar-refractivity contribution in [2.75, 3.05) is 20.2 Å². The molecule has 102 valence electrons. The van der Waals surface area contributed by atoms with Crippen LogP contribution in [0.1, 0.15) is 33.6 Å². The van der Waals surface area contributed by atoms with E-state index in [1.54, 1.807) is 7.11 Å². The highest BCUT2D eigenvalue weighted by molar-refractivity contribution is 5.90. The second-order valence-electron chi connectivity index (χ2n) is 5.59. The van der Waals surface area contributed by atoms with Crippen molar-refractivity contribution in [1.82, 2.24) is 4.90 Å². The molecule has 4 unspecified atom stereocenters. The van der Waals surface area contributed by atoms with Crippen molar-refractivity contribution < 1.29 is 4.74 Å². The van der Waals surface area contributed by atoms with Gasteiger partial charge in [0.15, 0.2) is 0 Å². The van der Waals surface area contributed by atoms with E-state index in [1.165, 1.54) is 12.3 Å². The summed E-state index contributed by atoms with van der Waals surface area (Å²) in [7, 11) is 1.80.